The minimum absolute atomic E-state index is 0.0944. The molecule has 2 nitrogen and oxygen atoms in total. The van der Waals surface area contributed by atoms with Crippen LogP contribution in [0.15, 0.2) is 0 Å². The molecule has 0 N–H and O–H groups in total. The second-order valence-electron chi connectivity index (χ2n) is 2.55. The van der Waals surface area contributed by atoms with E-state index in [0.29, 0.717) is 12.2 Å². The van der Waals surface area contributed by atoms with Crippen LogP contribution in [0.4, 0.5) is 17.6 Å². The van der Waals surface area contributed by atoms with Crippen LogP contribution in [-0.2, 0) is 9.53 Å². The van der Waals surface area contributed by atoms with Gasteiger partial charge in [0, 0.05) is 6.42 Å². The van der Waals surface area contributed by atoms with E-state index in [9.17, 15) is 22.4 Å². The zero-order valence-electron chi connectivity index (χ0n) is 7.18. The molecular formula is C7H10F4O2S. The third-order valence-electron chi connectivity index (χ3n) is 1.28. The zero-order valence-corrected chi connectivity index (χ0v) is 8.08. The van der Waals surface area contributed by atoms with Crippen molar-refractivity contribution in [2.75, 3.05) is 12.4 Å². The quantitative estimate of drug-likeness (QED) is 0.433. The van der Waals surface area contributed by atoms with Gasteiger partial charge in [-0.05, 0) is 12.2 Å². The van der Waals surface area contributed by atoms with Crippen molar-refractivity contribution in [3.05, 3.63) is 0 Å². The van der Waals surface area contributed by atoms with Gasteiger partial charge in [0.05, 0.1) is 0 Å². The average Bonchev–Trinajstić information content (AvgIpc) is 2.11. The summed E-state index contributed by atoms with van der Waals surface area (Å²) in [5, 5.41) is 0. The second kappa shape index (κ2) is 6.10. The molecule has 0 saturated carbocycles. The molecule has 0 rings (SSSR count). The average molecular weight is 234 g/mol. The zero-order chi connectivity index (χ0) is 11.2. The molecule has 0 saturated heterocycles. The van der Waals surface area contributed by atoms with Gasteiger partial charge in [0.1, 0.15) is 0 Å². The number of hydrogen-bond acceptors (Lipinski definition) is 3. The number of alkyl halides is 4. The van der Waals surface area contributed by atoms with Gasteiger partial charge >= 0.3 is 18.3 Å². The van der Waals surface area contributed by atoms with Gasteiger partial charge in [0.15, 0.2) is 6.61 Å². The highest BCUT2D eigenvalue weighted by molar-refractivity contribution is 7.80. The molecule has 7 heteroatoms. The van der Waals surface area contributed by atoms with Gasteiger partial charge in [-0.1, -0.05) is 0 Å². The predicted octanol–water partition coefficient (Wildman–Crippen LogP) is 2.14. The summed E-state index contributed by atoms with van der Waals surface area (Å²) in [5.74, 6) is -4.78. The highest BCUT2D eigenvalue weighted by Gasteiger charge is 2.42. The van der Waals surface area contributed by atoms with Gasteiger partial charge in [-0.25, -0.2) is 8.78 Å². The molecule has 14 heavy (non-hydrogen) atoms. The van der Waals surface area contributed by atoms with Crippen molar-refractivity contribution >= 4 is 18.6 Å². The van der Waals surface area contributed by atoms with Gasteiger partial charge < -0.3 is 4.74 Å². The molecule has 0 aromatic heterocycles. The highest BCUT2D eigenvalue weighted by Crippen LogP contribution is 2.22. The maximum atomic E-state index is 12.2. The van der Waals surface area contributed by atoms with Crippen LogP contribution in [0, 0.1) is 0 Å². The first-order valence-corrected chi connectivity index (χ1v) is 4.46. The van der Waals surface area contributed by atoms with E-state index in [1.807, 2.05) is 0 Å². The number of thiol groups is 1. The van der Waals surface area contributed by atoms with Crippen molar-refractivity contribution in [3.63, 3.8) is 0 Å². The summed E-state index contributed by atoms with van der Waals surface area (Å²) in [7, 11) is 0. The number of rotatable bonds is 6. The van der Waals surface area contributed by atoms with Gasteiger partial charge in [-0.3, -0.25) is 4.79 Å². The molecule has 0 unspecified atom stereocenters. The third kappa shape index (κ3) is 5.31. The van der Waals surface area contributed by atoms with E-state index in [-0.39, 0.29) is 6.42 Å². The molecule has 0 aromatic rings. The van der Waals surface area contributed by atoms with Crippen LogP contribution in [-0.4, -0.2) is 30.7 Å². The molecule has 0 heterocycles. The summed E-state index contributed by atoms with van der Waals surface area (Å²) in [6, 6.07) is 0. The van der Waals surface area contributed by atoms with Crippen LogP contribution in [0.3, 0.4) is 0 Å². The van der Waals surface area contributed by atoms with Crippen LogP contribution in [0.25, 0.3) is 0 Å². The van der Waals surface area contributed by atoms with E-state index in [1.54, 1.807) is 0 Å². The summed E-state index contributed by atoms with van der Waals surface area (Å²) in [5.41, 5.74) is 0. The Hall–Kier alpha value is -0.460. The molecular weight excluding hydrogens is 224 g/mol. The highest BCUT2D eigenvalue weighted by atomic mass is 32.1. The van der Waals surface area contributed by atoms with E-state index in [0.717, 1.165) is 0 Å². The minimum Gasteiger partial charge on any atom is -0.459 e. The van der Waals surface area contributed by atoms with Crippen LogP contribution < -0.4 is 0 Å². The predicted molar refractivity (Wildman–Crippen MR) is 45.0 cm³/mol. The van der Waals surface area contributed by atoms with E-state index >= 15 is 0 Å². The topological polar surface area (TPSA) is 26.3 Å². The fraction of sp³-hybridized carbons (Fsp3) is 0.857. The maximum absolute atomic E-state index is 12.2. The van der Waals surface area contributed by atoms with Crippen molar-refractivity contribution in [1.29, 1.82) is 0 Å². The first-order valence-electron chi connectivity index (χ1n) is 3.82. The number of carbonyl (C=O) groups excluding carboxylic acids is 1. The molecule has 0 aliphatic rings. The Balaban J connectivity index is 3.76. The lowest BCUT2D eigenvalue weighted by Crippen LogP contribution is -2.33. The summed E-state index contributed by atoms with van der Waals surface area (Å²) < 4.78 is 51.5. The lowest BCUT2D eigenvalue weighted by atomic mass is 10.3. The Morgan fingerprint density at radius 1 is 1.43 bits per heavy atom. The summed E-state index contributed by atoms with van der Waals surface area (Å²) in [6.45, 7) is -1.57. The molecule has 84 valence electrons. The molecule has 0 aliphatic heterocycles. The van der Waals surface area contributed by atoms with E-state index in [4.69, 9.17) is 0 Å². The van der Waals surface area contributed by atoms with Crippen molar-refractivity contribution in [2.24, 2.45) is 0 Å². The van der Waals surface area contributed by atoms with Gasteiger partial charge in [-0.15, -0.1) is 0 Å². The third-order valence-corrected chi connectivity index (χ3v) is 1.60. The SMILES string of the molecule is O=C(CCCS)OCC(F)(F)C(F)F. The molecule has 0 fully saturated rings. The Kier molecular flexibility index (Phi) is 5.90. The number of hydrogen-bond donors (Lipinski definition) is 1. The van der Waals surface area contributed by atoms with Crippen LogP contribution in [0.1, 0.15) is 12.8 Å². The fourth-order valence-electron chi connectivity index (χ4n) is 0.535. The number of esters is 1. The second-order valence-corrected chi connectivity index (χ2v) is 3.00. The normalized spacial score (nSPS) is 11.9. The van der Waals surface area contributed by atoms with E-state index < -0.39 is 24.9 Å². The van der Waals surface area contributed by atoms with Crippen molar-refractivity contribution in [3.8, 4) is 0 Å². The molecule has 0 amide bonds. The fourth-order valence-corrected chi connectivity index (χ4v) is 0.693. The van der Waals surface area contributed by atoms with Crippen LogP contribution in [0.2, 0.25) is 0 Å². The lowest BCUT2D eigenvalue weighted by molar-refractivity contribution is -0.179. The molecule has 0 radical (unpaired) electrons. The smallest absolute Gasteiger partial charge is 0.340 e. The lowest BCUT2D eigenvalue weighted by Gasteiger charge is -2.14. The first kappa shape index (κ1) is 13.5. The molecule has 0 bridgehead atoms. The van der Waals surface area contributed by atoms with Crippen LogP contribution in [0.5, 0.6) is 0 Å². The Bertz CT molecular complexity index is 187. The van der Waals surface area contributed by atoms with E-state index in [2.05, 4.69) is 17.4 Å². The summed E-state index contributed by atoms with van der Waals surface area (Å²) in [6.07, 6.45) is -3.55. The number of carbonyl (C=O) groups is 1. The standard InChI is InChI=1S/C7H10F4O2S/c8-6(9)7(10,11)4-13-5(12)2-1-3-14/h6,14H,1-4H2. The summed E-state index contributed by atoms with van der Waals surface area (Å²) in [4.78, 5) is 10.6. The van der Waals surface area contributed by atoms with Gasteiger partial charge in [-0.2, -0.15) is 21.4 Å². The van der Waals surface area contributed by atoms with Crippen LogP contribution >= 0.6 is 12.6 Å². The summed E-state index contributed by atoms with van der Waals surface area (Å²) >= 11 is 3.78. The molecule has 0 aromatic carbocycles. The molecule has 0 spiro atoms. The van der Waals surface area contributed by atoms with E-state index in [1.165, 1.54) is 0 Å². The Morgan fingerprint density at radius 3 is 2.43 bits per heavy atom. The monoisotopic (exact) mass is 234 g/mol. The first-order chi connectivity index (χ1) is 6.40. The molecule has 0 atom stereocenters. The van der Waals surface area contributed by atoms with Crippen molar-refractivity contribution in [2.45, 2.75) is 25.2 Å². The van der Waals surface area contributed by atoms with Crippen molar-refractivity contribution < 1.29 is 27.1 Å². The maximum Gasteiger partial charge on any atom is 0.340 e. The Labute approximate surface area is 84.0 Å². The van der Waals surface area contributed by atoms with Crippen molar-refractivity contribution in [1.82, 2.24) is 0 Å². The largest absolute Gasteiger partial charge is 0.459 e. The number of ether oxygens (including phenoxy) is 1. The van der Waals surface area contributed by atoms with Gasteiger partial charge in [0.25, 0.3) is 0 Å². The molecule has 0 aliphatic carbocycles. The van der Waals surface area contributed by atoms with Gasteiger partial charge in [0.2, 0.25) is 0 Å². The Morgan fingerprint density at radius 2 is 2.00 bits per heavy atom. The number of halogens is 4. The minimum atomic E-state index is -4.27.